The zero-order valence-electron chi connectivity index (χ0n) is 12.7. The van der Waals surface area contributed by atoms with Crippen molar-refractivity contribution in [3.63, 3.8) is 0 Å². The van der Waals surface area contributed by atoms with Gasteiger partial charge in [-0.1, -0.05) is 18.2 Å². The maximum Gasteiger partial charge on any atom is 0.127 e. The Labute approximate surface area is 131 Å². The van der Waals surface area contributed by atoms with Crippen LogP contribution >= 0.6 is 0 Å². The summed E-state index contributed by atoms with van der Waals surface area (Å²) in [5.41, 5.74) is 0. The second-order valence-electron chi connectivity index (χ2n) is 6.18. The first-order valence-electron chi connectivity index (χ1n) is 8.09. The summed E-state index contributed by atoms with van der Waals surface area (Å²) >= 11 is 0. The summed E-state index contributed by atoms with van der Waals surface area (Å²) in [6, 6.07) is 17.8. The molecule has 3 nitrogen and oxygen atoms in total. The van der Waals surface area contributed by atoms with Gasteiger partial charge in [-0.25, -0.2) is 0 Å². The van der Waals surface area contributed by atoms with E-state index in [0.29, 0.717) is 6.10 Å². The highest BCUT2D eigenvalue weighted by Gasteiger charge is 2.35. The summed E-state index contributed by atoms with van der Waals surface area (Å²) in [4.78, 5) is 2.51. The van der Waals surface area contributed by atoms with Crippen LogP contribution < -0.4 is 9.47 Å². The molecule has 1 unspecified atom stereocenters. The Hall–Kier alpha value is -2.00. The zero-order chi connectivity index (χ0) is 14.8. The third-order valence-electron chi connectivity index (χ3n) is 4.69. The van der Waals surface area contributed by atoms with Gasteiger partial charge in [0.15, 0.2) is 0 Å². The largest absolute Gasteiger partial charge is 0.489 e. The Morgan fingerprint density at radius 2 is 1.41 bits per heavy atom. The molecule has 3 heterocycles. The molecule has 0 N–H and O–H groups in total. The van der Waals surface area contributed by atoms with Crippen LogP contribution in [0, 0.1) is 5.92 Å². The van der Waals surface area contributed by atoms with Gasteiger partial charge in [0.25, 0.3) is 0 Å². The highest BCUT2D eigenvalue weighted by molar-refractivity contribution is 5.35. The van der Waals surface area contributed by atoms with Gasteiger partial charge in [0.2, 0.25) is 0 Å². The van der Waals surface area contributed by atoms with E-state index in [1.165, 1.54) is 25.9 Å². The number of fused-ring (bicyclic) bond motifs is 3. The predicted octanol–water partition coefficient (Wildman–Crippen LogP) is 3.95. The van der Waals surface area contributed by atoms with Gasteiger partial charge in [-0.3, -0.25) is 4.90 Å². The molecule has 0 radical (unpaired) electrons. The van der Waals surface area contributed by atoms with Crippen molar-refractivity contribution >= 4 is 0 Å². The Kier molecular flexibility index (Phi) is 3.73. The van der Waals surface area contributed by atoms with Gasteiger partial charge in [0.05, 0.1) is 0 Å². The molecule has 0 aliphatic carbocycles. The molecule has 0 amide bonds. The topological polar surface area (TPSA) is 21.7 Å². The van der Waals surface area contributed by atoms with Crippen molar-refractivity contribution in [1.29, 1.82) is 0 Å². The van der Waals surface area contributed by atoms with E-state index < -0.39 is 0 Å². The maximum absolute atomic E-state index is 6.20. The van der Waals surface area contributed by atoms with E-state index in [4.69, 9.17) is 9.47 Å². The summed E-state index contributed by atoms with van der Waals surface area (Å²) in [6.45, 7) is 3.57. The average Bonchev–Trinajstić information content (AvgIpc) is 2.59. The molecule has 2 aromatic rings. The van der Waals surface area contributed by atoms with E-state index in [1.54, 1.807) is 0 Å². The van der Waals surface area contributed by atoms with E-state index in [1.807, 2.05) is 54.6 Å². The van der Waals surface area contributed by atoms with E-state index >= 15 is 0 Å². The lowest BCUT2D eigenvalue weighted by molar-refractivity contribution is -0.00777. The number of piperidine rings is 3. The molecule has 22 heavy (non-hydrogen) atoms. The van der Waals surface area contributed by atoms with Crippen molar-refractivity contribution < 1.29 is 9.47 Å². The molecule has 3 saturated heterocycles. The molecule has 0 saturated carbocycles. The summed E-state index contributed by atoms with van der Waals surface area (Å²) in [5, 5.41) is 0. The van der Waals surface area contributed by atoms with Crippen LogP contribution in [-0.2, 0) is 0 Å². The summed E-state index contributed by atoms with van der Waals surface area (Å²) in [6.07, 6.45) is 2.91. The highest BCUT2D eigenvalue weighted by Crippen LogP contribution is 2.31. The average molecular weight is 295 g/mol. The molecule has 2 bridgehead atoms. The lowest BCUT2D eigenvalue weighted by Gasteiger charge is -2.44. The van der Waals surface area contributed by atoms with Crippen molar-refractivity contribution in [2.75, 3.05) is 19.6 Å². The van der Waals surface area contributed by atoms with Gasteiger partial charge >= 0.3 is 0 Å². The molecule has 0 aromatic heterocycles. The van der Waals surface area contributed by atoms with Crippen LogP contribution in [0.2, 0.25) is 0 Å². The molecule has 3 heteroatoms. The van der Waals surface area contributed by atoms with Crippen LogP contribution in [0.3, 0.4) is 0 Å². The minimum absolute atomic E-state index is 0.350. The summed E-state index contributed by atoms with van der Waals surface area (Å²) < 4.78 is 12.0. The van der Waals surface area contributed by atoms with Crippen molar-refractivity contribution in [2.45, 2.75) is 18.9 Å². The monoisotopic (exact) mass is 295 g/mol. The van der Waals surface area contributed by atoms with E-state index in [9.17, 15) is 0 Å². The van der Waals surface area contributed by atoms with Crippen molar-refractivity contribution in [1.82, 2.24) is 4.90 Å². The number of hydrogen-bond acceptors (Lipinski definition) is 3. The van der Waals surface area contributed by atoms with Gasteiger partial charge in [0.1, 0.15) is 23.4 Å². The lowest BCUT2D eigenvalue weighted by atomic mass is 9.86. The molecule has 3 aliphatic rings. The number of para-hydroxylation sites is 1. The van der Waals surface area contributed by atoms with Crippen molar-refractivity contribution in [2.24, 2.45) is 5.92 Å². The minimum atomic E-state index is 0.350. The van der Waals surface area contributed by atoms with E-state index in [-0.39, 0.29) is 0 Å². The van der Waals surface area contributed by atoms with Crippen LogP contribution in [0.15, 0.2) is 54.6 Å². The quantitative estimate of drug-likeness (QED) is 0.852. The molecule has 0 spiro atoms. The normalized spacial score (nSPS) is 26.6. The van der Waals surface area contributed by atoms with Gasteiger partial charge in [-0.15, -0.1) is 0 Å². The molecule has 114 valence electrons. The van der Waals surface area contributed by atoms with E-state index in [0.717, 1.165) is 29.7 Å². The first-order valence-corrected chi connectivity index (χ1v) is 8.09. The molecular formula is C19H21NO2. The van der Waals surface area contributed by atoms with Crippen LogP contribution in [-0.4, -0.2) is 30.6 Å². The van der Waals surface area contributed by atoms with Crippen LogP contribution in [0.1, 0.15) is 12.8 Å². The van der Waals surface area contributed by atoms with Gasteiger partial charge in [-0.2, -0.15) is 0 Å². The van der Waals surface area contributed by atoms with Gasteiger partial charge in [0, 0.05) is 6.54 Å². The smallest absolute Gasteiger partial charge is 0.127 e. The fraction of sp³-hybridized carbons (Fsp3) is 0.368. The van der Waals surface area contributed by atoms with Crippen molar-refractivity contribution in [3.05, 3.63) is 54.6 Å². The summed E-state index contributed by atoms with van der Waals surface area (Å²) in [5.74, 6) is 3.37. The molecule has 3 fully saturated rings. The molecule has 3 aliphatic heterocycles. The third kappa shape index (κ3) is 2.95. The number of hydrogen-bond donors (Lipinski definition) is 0. The van der Waals surface area contributed by atoms with Crippen molar-refractivity contribution in [3.8, 4) is 17.2 Å². The second kappa shape index (κ2) is 6.01. The fourth-order valence-electron chi connectivity index (χ4n) is 3.43. The van der Waals surface area contributed by atoms with Gasteiger partial charge in [-0.05, 0) is 68.2 Å². The standard InChI is InChI=1S/C19H21NO2/c1-2-4-16(5-3-1)21-17-6-8-18(9-7-17)22-19-14-20-12-10-15(19)11-13-20/h1-9,15,19H,10-14H2. The fourth-order valence-corrected chi connectivity index (χ4v) is 3.43. The Morgan fingerprint density at radius 3 is 2.05 bits per heavy atom. The number of nitrogens with zero attached hydrogens (tertiary/aromatic N) is 1. The first-order chi connectivity index (χ1) is 10.9. The molecule has 1 atom stereocenters. The number of rotatable bonds is 4. The number of benzene rings is 2. The minimum Gasteiger partial charge on any atom is -0.489 e. The Morgan fingerprint density at radius 1 is 0.773 bits per heavy atom. The lowest BCUT2D eigenvalue weighted by Crippen LogP contribution is -2.52. The van der Waals surface area contributed by atoms with Gasteiger partial charge < -0.3 is 9.47 Å². The number of ether oxygens (including phenoxy) is 2. The van der Waals surface area contributed by atoms with Crippen LogP contribution in [0.25, 0.3) is 0 Å². The van der Waals surface area contributed by atoms with Crippen LogP contribution in [0.5, 0.6) is 17.2 Å². The third-order valence-corrected chi connectivity index (χ3v) is 4.69. The SMILES string of the molecule is c1ccc(Oc2ccc(OC3CN4CCC3CC4)cc2)cc1. The summed E-state index contributed by atoms with van der Waals surface area (Å²) in [7, 11) is 0. The first kappa shape index (κ1) is 13.6. The molecule has 5 rings (SSSR count). The van der Waals surface area contributed by atoms with Crippen LogP contribution in [0.4, 0.5) is 0 Å². The zero-order valence-corrected chi connectivity index (χ0v) is 12.7. The van der Waals surface area contributed by atoms with E-state index in [2.05, 4.69) is 4.90 Å². The Bertz CT molecular complexity index is 603. The maximum atomic E-state index is 6.20. The molecular weight excluding hydrogens is 274 g/mol. The molecule has 2 aromatic carbocycles. The second-order valence-corrected chi connectivity index (χ2v) is 6.18. The predicted molar refractivity (Wildman–Crippen MR) is 86.5 cm³/mol. The Balaban J connectivity index is 1.39. The highest BCUT2D eigenvalue weighted by atomic mass is 16.5.